The van der Waals surface area contributed by atoms with Crippen molar-refractivity contribution in [3.63, 3.8) is 0 Å². The number of nitrogens with two attached hydrogens (primary N) is 1. The van der Waals surface area contributed by atoms with Crippen LogP contribution in [-0.4, -0.2) is 23.7 Å². The molecule has 4 N–H and O–H groups in total. The van der Waals surface area contributed by atoms with Gasteiger partial charge in [0.05, 0.1) is 5.56 Å². The fraction of sp³-hybridized carbons (Fsp3) is 0.500. The molecule has 19 heavy (non-hydrogen) atoms. The highest BCUT2D eigenvalue weighted by Crippen LogP contribution is 2.25. The van der Waals surface area contributed by atoms with Crippen LogP contribution in [0.3, 0.4) is 0 Å². The summed E-state index contributed by atoms with van der Waals surface area (Å²) >= 11 is 3.34. The van der Waals surface area contributed by atoms with Crippen molar-refractivity contribution in [3.8, 4) is 0 Å². The number of nitrogen functional groups attached to an aromatic ring is 1. The minimum absolute atomic E-state index is 0.0460. The van der Waals surface area contributed by atoms with Gasteiger partial charge in [-0.3, -0.25) is 4.79 Å². The van der Waals surface area contributed by atoms with Gasteiger partial charge in [0.2, 0.25) is 0 Å². The lowest BCUT2D eigenvalue weighted by atomic mass is 9.85. The molecule has 104 valence electrons. The summed E-state index contributed by atoms with van der Waals surface area (Å²) in [4.78, 5) is 12.3. The van der Waals surface area contributed by atoms with Gasteiger partial charge in [-0.05, 0) is 31.0 Å². The molecule has 1 aromatic carbocycles. The molecule has 2 unspecified atom stereocenters. The van der Waals surface area contributed by atoms with Gasteiger partial charge in [0.15, 0.2) is 0 Å². The van der Waals surface area contributed by atoms with E-state index in [0.717, 1.165) is 30.2 Å². The highest BCUT2D eigenvalue weighted by Gasteiger charge is 2.26. The van der Waals surface area contributed by atoms with Gasteiger partial charge in [-0.15, -0.1) is 0 Å². The number of rotatable bonds is 3. The van der Waals surface area contributed by atoms with E-state index in [2.05, 4.69) is 21.2 Å². The SMILES string of the molecule is Nc1ccc(Br)cc1C(=O)NC1CCCCC1CO. The topological polar surface area (TPSA) is 75.4 Å². The normalized spacial score (nSPS) is 23.1. The lowest BCUT2D eigenvalue weighted by Gasteiger charge is -2.31. The van der Waals surface area contributed by atoms with E-state index in [9.17, 15) is 9.90 Å². The second-order valence-electron chi connectivity index (χ2n) is 5.04. The van der Waals surface area contributed by atoms with Crippen molar-refractivity contribution in [2.75, 3.05) is 12.3 Å². The molecular formula is C14H19BrN2O2. The minimum Gasteiger partial charge on any atom is -0.398 e. The Morgan fingerprint density at radius 2 is 2.16 bits per heavy atom. The highest BCUT2D eigenvalue weighted by molar-refractivity contribution is 9.10. The summed E-state index contributed by atoms with van der Waals surface area (Å²) in [5.74, 6) is -0.00442. The summed E-state index contributed by atoms with van der Waals surface area (Å²) in [5, 5.41) is 12.4. The van der Waals surface area contributed by atoms with E-state index in [1.807, 2.05) is 6.07 Å². The molecule has 5 heteroatoms. The van der Waals surface area contributed by atoms with E-state index in [1.54, 1.807) is 12.1 Å². The third-order valence-electron chi connectivity index (χ3n) is 3.72. The third-order valence-corrected chi connectivity index (χ3v) is 4.21. The number of nitrogens with one attached hydrogen (secondary N) is 1. The van der Waals surface area contributed by atoms with Gasteiger partial charge < -0.3 is 16.2 Å². The number of anilines is 1. The summed E-state index contributed by atoms with van der Waals surface area (Å²) in [6.07, 6.45) is 4.10. The number of aliphatic hydroxyl groups excluding tert-OH is 1. The standard InChI is InChI=1S/C14H19BrN2O2/c15-10-5-6-12(16)11(7-10)14(19)17-13-4-2-1-3-9(13)8-18/h5-7,9,13,18H,1-4,8,16H2,(H,17,19). The third kappa shape index (κ3) is 3.48. The van der Waals surface area contributed by atoms with Crippen LogP contribution in [0.25, 0.3) is 0 Å². The molecule has 1 saturated carbocycles. The number of carbonyl (C=O) groups excluding carboxylic acids is 1. The predicted molar refractivity (Wildman–Crippen MR) is 78.9 cm³/mol. The van der Waals surface area contributed by atoms with E-state index in [0.29, 0.717) is 11.3 Å². The zero-order valence-corrected chi connectivity index (χ0v) is 12.3. The summed E-state index contributed by atoms with van der Waals surface area (Å²) in [6.45, 7) is 0.124. The number of aliphatic hydroxyl groups is 1. The van der Waals surface area contributed by atoms with Gasteiger partial charge in [-0.1, -0.05) is 28.8 Å². The van der Waals surface area contributed by atoms with E-state index in [4.69, 9.17) is 5.73 Å². The molecule has 1 aromatic rings. The first kappa shape index (κ1) is 14.3. The van der Waals surface area contributed by atoms with Crippen LogP contribution in [0, 0.1) is 5.92 Å². The molecule has 1 aliphatic rings. The first-order valence-electron chi connectivity index (χ1n) is 6.58. The molecule has 0 heterocycles. The zero-order chi connectivity index (χ0) is 13.8. The molecule has 1 amide bonds. The number of carbonyl (C=O) groups is 1. The van der Waals surface area contributed by atoms with Gasteiger partial charge >= 0.3 is 0 Å². The Hall–Kier alpha value is -1.07. The minimum atomic E-state index is -0.163. The Kier molecular flexibility index (Phi) is 4.82. The van der Waals surface area contributed by atoms with Crippen LogP contribution in [0.2, 0.25) is 0 Å². The Morgan fingerprint density at radius 1 is 1.42 bits per heavy atom. The largest absolute Gasteiger partial charge is 0.398 e. The Labute approximate surface area is 121 Å². The van der Waals surface area contributed by atoms with Crippen molar-refractivity contribution in [2.24, 2.45) is 5.92 Å². The van der Waals surface area contributed by atoms with Crippen molar-refractivity contribution in [3.05, 3.63) is 28.2 Å². The van der Waals surface area contributed by atoms with Crippen LogP contribution < -0.4 is 11.1 Å². The van der Waals surface area contributed by atoms with Gasteiger partial charge in [-0.2, -0.15) is 0 Å². The molecule has 2 atom stereocenters. The molecular weight excluding hydrogens is 308 g/mol. The monoisotopic (exact) mass is 326 g/mol. The van der Waals surface area contributed by atoms with E-state index >= 15 is 0 Å². The average molecular weight is 327 g/mol. The molecule has 0 aliphatic heterocycles. The van der Waals surface area contributed by atoms with Crippen LogP contribution >= 0.6 is 15.9 Å². The van der Waals surface area contributed by atoms with Crippen LogP contribution in [0.4, 0.5) is 5.69 Å². The smallest absolute Gasteiger partial charge is 0.253 e. The summed E-state index contributed by atoms with van der Waals surface area (Å²) in [7, 11) is 0. The Morgan fingerprint density at radius 3 is 2.89 bits per heavy atom. The van der Waals surface area contributed by atoms with Crippen LogP contribution in [0.5, 0.6) is 0 Å². The number of hydrogen-bond acceptors (Lipinski definition) is 3. The van der Waals surface area contributed by atoms with Crippen LogP contribution in [0.15, 0.2) is 22.7 Å². The van der Waals surface area contributed by atoms with E-state index in [-0.39, 0.29) is 24.5 Å². The number of amides is 1. The maximum absolute atomic E-state index is 12.3. The first-order valence-corrected chi connectivity index (χ1v) is 7.38. The van der Waals surface area contributed by atoms with Gasteiger partial charge in [0.1, 0.15) is 0 Å². The van der Waals surface area contributed by atoms with Gasteiger partial charge in [-0.25, -0.2) is 0 Å². The molecule has 0 radical (unpaired) electrons. The number of halogens is 1. The van der Waals surface area contributed by atoms with Gasteiger partial charge in [0, 0.05) is 28.7 Å². The average Bonchev–Trinajstić information content (AvgIpc) is 2.42. The second kappa shape index (κ2) is 6.39. The number of benzene rings is 1. The predicted octanol–water partition coefficient (Wildman–Crippen LogP) is 2.31. The molecule has 1 aliphatic carbocycles. The first-order chi connectivity index (χ1) is 9.11. The fourth-order valence-corrected chi connectivity index (χ4v) is 2.95. The summed E-state index contributed by atoms with van der Waals surface area (Å²) in [6, 6.07) is 5.29. The molecule has 4 nitrogen and oxygen atoms in total. The Bertz CT molecular complexity index is 465. The van der Waals surface area contributed by atoms with Crippen molar-refractivity contribution >= 4 is 27.5 Å². The van der Waals surface area contributed by atoms with E-state index < -0.39 is 0 Å². The quantitative estimate of drug-likeness (QED) is 0.746. The van der Waals surface area contributed by atoms with Crippen LogP contribution in [0.1, 0.15) is 36.0 Å². The fourth-order valence-electron chi connectivity index (χ4n) is 2.59. The molecule has 0 saturated heterocycles. The summed E-state index contributed by atoms with van der Waals surface area (Å²) < 4.78 is 0.828. The molecule has 0 spiro atoms. The van der Waals surface area contributed by atoms with Crippen molar-refractivity contribution in [1.29, 1.82) is 0 Å². The van der Waals surface area contributed by atoms with Crippen molar-refractivity contribution in [1.82, 2.24) is 5.32 Å². The molecule has 2 rings (SSSR count). The van der Waals surface area contributed by atoms with Crippen molar-refractivity contribution < 1.29 is 9.90 Å². The van der Waals surface area contributed by atoms with Gasteiger partial charge in [0.25, 0.3) is 5.91 Å². The Balaban J connectivity index is 2.09. The molecule has 0 bridgehead atoms. The van der Waals surface area contributed by atoms with E-state index in [1.165, 1.54) is 0 Å². The lowest BCUT2D eigenvalue weighted by Crippen LogP contribution is -2.43. The zero-order valence-electron chi connectivity index (χ0n) is 10.7. The number of hydrogen-bond donors (Lipinski definition) is 3. The van der Waals surface area contributed by atoms with Crippen LogP contribution in [-0.2, 0) is 0 Å². The molecule has 0 aromatic heterocycles. The molecule has 1 fully saturated rings. The van der Waals surface area contributed by atoms with Crippen molar-refractivity contribution in [2.45, 2.75) is 31.7 Å². The second-order valence-corrected chi connectivity index (χ2v) is 5.95. The lowest BCUT2D eigenvalue weighted by molar-refractivity contribution is 0.0873. The highest BCUT2D eigenvalue weighted by atomic mass is 79.9. The summed E-state index contributed by atoms with van der Waals surface area (Å²) in [5.41, 5.74) is 6.78. The maximum atomic E-state index is 12.3. The maximum Gasteiger partial charge on any atom is 0.253 e.